The Morgan fingerprint density at radius 1 is 1.20 bits per heavy atom. The summed E-state index contributed by atoms with van der Waals surface area (Å²) in [5.41, 5.74) is 3.10. The van der Waals surface area contributed by atoms with Gasteiger partial charge in [0, 0.05) is 12.1 Å². The van der Waals surface area contributed by atoms with Gasteiger partial charge in [0.2, 0.25) is 0 Å². The van der Waals surface area contributed by atoms with Crippen molar-refractivity contribution in [3.8, 4) is 0 Å². The molecule has 0 aliphatic rings. The Labute approximate surface area is 124 Å². The lowest BCUT2D eigenvalue weighted by Crippen LogP contribution is -2.41. The molecule has 0 heterocycles. The quantitative estimate of drug-likeness (QED) is 0.694. The minimum atomic E-state index is -0.0468. The smallest absolute Gasteiger partial charge is 0.179 e. The van der Waals surface area contributed by atoms with Gasteiger partial charge in [-0.1, -0.05) is 44.9 Å². The minimum Gasteiger partial charge on any atom is -0.294 e. The number of Topliss-reactive ketones (excluding diaryl/α,β-unsaturated/α-hetero) is 1. The van der Waals surface area contributed by atoms with Gasteiger partial charge in [0.1, 0.15) is 0 Å². The van der Waals surface area contributed by atoms with E-state index in [-0.39, 0.29) is 11.8 Å². The normalized spacial score (nSPS) is 14.3. The number of hydrogen-bond acceptors (Lipinski definition) is 2. The van der Waals surface area contributed by atoms with Crippen LogP contribution in [0.2, 0.25) is 0 Å². The van der Waals surface area contributed by atoms with Gasteiger partial charge in [0.15, 0.2) is 5.78 Å². The number of rotatable bonds is 7. The van der Waals surface area contributed by atoms with Crippen LogP contribution in [0.5, 0.6) is 0 Å². The van der Waals surface area contributed by atoms with Crippen LogP contribution in [0.1, 0.15) is 55.6 Å². The molecule has 0 N–H and O–H groups in total. The Kier molecular flexibility index (Phi) is 6.41. The standard InChI is InChI=1S/C18H29NO/c1-7-13(3)12-19(8-2)16(6)18(20)17-11-14(4)9-10-15(17)5/h9-11,13,16H,7-8,12H2,1-6H3. The van der Waals surface area contributed by atoms with Crippen molar-refractivity contribution in [1.82, 2.24) is 4.90 Å². The minimum absolute atomic E-state index is 0.0468. The molecule has 1 aromatic carbocycles. The molecule has 0 amide bonds. The summed E-state index contributed by atoms with van der Waals surface area (Å²) in [5.74, 6) is 0.875. The highest BCUT2D eigenvalue weighted by Gasteiger charge is 2.23. The lowest BCUT2D eigenvalue weighted by atomic mass is 9.97. The molecular formula is C18H29NO. The highest BCUT2D eigenvalue weighted by molar-refractivity contribution is 6.01. The molecule has 0 aromatic heterocycles. The zero-order valence-electron chi connectivity index (χ0n) is 13.9. The van der Waals surface area contributed by atoms with Gasteiger partial charge in [-0.25, -0.2) is 0 Å². The Hall–Kier alpha value is -1.15. The van der Waals surface area contributed by atoms with E-state index < -0.39 is 0 Å². The Balaban J connectivity index is 2.91. The maximum Gasteiger partial charge on any atom is 0.179 e. The summed E-state index contributed by atoms with van der Waals surface area (Å²) in [6.45, 7) is 14.6. The number of aryl methyl sites for hydroxylation is 2. The first-order chi connectivity index (χ1) is 9.40. The van der Waals surface area contributed by atoms with E-state index >= 15 is 0 Å². The third kappa shape index (κ3) is 4.17. The molecule has 0 saturated carbocycles. The summed E-state index contributed by atoms with van der Waals surface area (Å²) in [6, 6.07) is 6.08. The fraction of sp³-hybridized carbons (Fsp3) is 0.611. The van der Waals surface area contributed by atoms with Gasteiger partial charge in [-0.15, -0.1) is 0 Å². The predicted molar refractivity (Wildman–Crippen MR) is 86.4 cm³/mol. The van der Waals surface area contributed by atoms with E-state index in [0.29, 0.717) is 5.92 Å². The molecule has 2 nitrogen and oxygen atoms in total. The Bertz CT molecular complexity index is 453. The zero-order chi connectivity index (χ0) is 15.3. The largest absolute Gasteiger partial charge is 0.294 e. The van der Waals surface area contributed by atoms with Crippen LogP contribution in [0, 0.1) is 19.8 Å². The highest BCUT2D eigenvalue weighted by atomic mass is 16.1. The Morgan fingerprint density at radius 2 is 1.85 bits per heavy atom. The van der Waals surface area contributed by atoms with Crippen molar-refractivity contribution in [2.45, 2.75) is 54.0 Å². The van der Waals surface area contributed by atoms with E-state index in [2.05, 4.69) is 31.7 Å². The first-order valence-corrected chi connectivity index (χ1v) is 7.76. The molecule has 0 aliphatic carbocycles. The summed E-state index contributed by atoms with van der Waals surface area (Å²) < 4.78 is 0. The number of likely N-dealkylation sites (N-methyl/N-ethyl adjacent to an activating group) is 1. The van der Waals surface area contributed by atoms with Crippen LogP contribution in [-0.4, -0.2) is 29.8 Å². The first kappa shape index (κ1) is 16.9. The molecule has 2 heteroatoms. The third-order valence-electron chi connectivity index (χ3n) is 4.23. The average Bonchev–Trinajstić information content (AvgIpc) is 2.45. The summed E-state index contributed by atoms with van der Waals surface area (Å²) in [6.07, 6.45) is 1.15. The van der Waals surface area contributed by atoms with Crippen LogP contribution in [0.25, 0.3) is 0 Å². The fourth-order valence-corrected chi connectivity index (χ4v) is 2.48. The third-order valence-corrected chi connectivity index (χ3v) is 4.23. The molecular weight excluding hydrogens is 246 g/mol. The zero-order valence-corrected chi connectivity index (χ0v) is 13.9. The topological polar surface area (TPSA) is 20.3 Å². The fourth-order valence-electron chi connectivity index (χ4n) is 2.48. The molecule has 0 radical (unpaired) electrons. The number of ketones is 1. The van der Waals surface area contributed by atoms with E-state index in [1.165, 1.54) is 0 Å². The van der Waals surface area contributed by atoms with Gasteiger partial charge >= 0.3 is 0 Å². The van der Waals surface area contributed by atoms with Crippen LogP contribution < -0.4 is 0 Å². The average molecular weight is 275 g/mol. The maximum absolute atomic E-state index is 12.7. The molecule has 2 atom stereocenters. The second kappa shape index (κ2) is 7.58. The van der Waals surface area contributed by atoms with Gasteiger partial charge in [0.25, 0.3) is 0 Å². The van der Waals surface area contributed by atoms with Crippen LogP contribution in [0.4, 0.5) is 0 Å². The van der Waals surface area contributed by atoms with Crippen LogP contribution >= 0.6 is 0 Å². The number of carbonyl (C=O) groups excluding carboxylic acids is 1. The summed E-state index contributed by atoms with van der Waals surface area (Å²) in [7, 11) is 0. The van der Waals surface area contributed by atoms with Gasteiger partial charge in [0.05, 0.1) is 6.04 Å². The van der Waals surface area contributed by atoms with Crippen molar-refractivity contribution in [3.63, 3.8) is 0 Å². The lowest BCUT2D eigenvalue weighted by Gasteiger charge is -2.29. The first-order valence-electron chi connectivity index (χ1n) is 7.76. The van der Waals surface area contributed by atoms with Crippen LogP contribution in [0.3, 0.4) is 0 Å². The second-order valence-electron chi connectivity index (χ2n) is 5.96. The monoisotopic (exact) mass is 275 g/mol. The molecule has 0 spiro atoms. The van der Waals surface area contributed by atoms with E-state index in [1.807, 2.05) is 32.9 Å². The molecule has 0 bridgehead atoms. The highest BCUT2D eigenvalue weighted by Crippen LogP contribution is 2.17. The van der Waals surface area contributed by atoms with Crippen LogP contribution in [-0.2, 0) is 0 Å². The second-order valence-corrected chi connectivity index (χ2v) is 5.96. The van der Waals surface area contributed by atoms with Crippen molar-refractivity contribution in [3.05, 3.63) is 34.9 Å². The summed E-state index contributed by atoms with van der Waals surface area (Å²) >= 11 is 0. The van der Waals surface area contributed by atoms with Crippen molar-refractivity contribution in [2.24, 2.45) is 5.92 Å². The molecule has 0 aliphatic heterocycles. The van der Waals surface area contributed by atoms with Crippen LogP contribution in [0.15, 0.2) is 18.2 Å². The molecule has 0 fully saturated rings. The van der Waals surface area contributed by atoms with Crippen molar-refractivity contribution < 1.29 is 4.79 Å². The molecule has 2 unspecified atom stereocenters. The molecule has 20 heavy (non-hydrogen) atoms. The van der Waals surface area contributed by atoms with Gasteiger partial charge in [-0.2, -0.15) is 0 Å². The number of benzene rings is 1. The summed E-state index contributed by atoms with van der Waals surface area (Å²) in [4.78, 5) is 15.0. The molecule has 1 rings (SSSR count). The van der Waals surface area contributed by atoms with Crippen molar-refractivity contribution >= 4 is 5.78 Å². The molecule has 1 aromatic rings. The lowest BCUT2D eigenvalue weighted by molar-refractivity contribution is 0.0824. The molecule has 0 saturated heterocycles. The summed E-state index contributed by atoms with van der Waals surface area (Å²) in [5, 5.41) is 0. The van der Waals surface area contributed by atoms with Crippen molar-refractivity contribution in [2.75, 3.05) is 13.1 Å². The van der Waals surface area contributed by atoms with E-state index in [4.69, 9.17) is 0 Å². The molecule has 112 valence electrons. The SMILES string of the molecule is CCC(C)CN(CC)C(C)C(=O)c1cc(C)ccc1C. The van der Waals surface area contributed by atoms with E-state index in [0.717, 1.165) is 36.2 Å². The Morgan fingerprint density at radius 3 is 2.40 bits per heavy atom. The van der Waals surface area contributed by atoms with Crippen molar-refractivity contribution in [1.29, 1.82) is 0 Å². The van der Waals surface area contributed by atoms with E-state index in [9.17, 15) is 4.79 Å². The number of nitrogens with zero attached hydrogens (tertiary/aromatic N) is 1. The van der Waals surface area contributed by atoms with E-state index in [1.54, 1.807) is 0 Å². The number of carbonyl (C=O) groups is 1. The van der Waals surface area contributed by atoms with Gasteiger partial charge in [-0.3, -0.25) is 9.69 Å². The van der Waals surface area contributed by atoms with Gasteiger partial charge < -0.3 is 0 Å². The maximum atomic E-state index is 12.7. The van der Waals surface area contributed by atoms with Gasteiger partial charge in [-0.05, 0) is 44.9 Å². The number of hydrogen-bond donors (Lipinski definition) is 0. The predicted octanol–water partition coefficient (Wildman–Crippen LogP) is 4.24.